The number of rotatable bonds is 5. The zero-order valence-corrected chi connectivity index (χ0v) is 10.9. The van der Waals surface area contributed by atoms with Crippen LogP contribution in [-0.2, 0) is 11.2 Å². The van der Waals surface area contributed by atoms with Gasteiger partial charge in [-0.25, -0.2) is 0 Å². The molecule has 1 aromatic carbocycles. The highest BCUT2D eigenvalue weighted by atomic mass is 16.1. The van der Waals surface area contributed by atoms with Crippen LogP contribution < -0.4 is 5.32 Å². The number of carbonyl (C=O) groups excluding carboxylic acids is 1. The van der Waals surface area contributed by atoms with E-state index in [2.05, 4.69) is 17.4 Å². The van der Waals surface area contributed by atoms with Gasteiger partial charge in [-0.15, -0.1) is 0 Å². The van der Waals surface area contributed by atoms with Gasteiger partial charge >= 0.3 is 0 Å². The molecule has 0 radical (unpaired) electrons. The molecule has 2 heteroatoms. The fourth-order valence-electron chi connectivity index (χ4n) is 1.61. The molecule has 0 atom stereocenters. The van der Waals surface area contributed by atoms with Crippen molar-refractivity contribution < 1.29 is 4.79 Å². The van der Waals surface area contributed by atoms with E-state index in [0.29, 0.717) is 0 Å². The molecule has 0 aromatic heterocycles. The normalized spacial score (nSPS) is 11.6. The highest BCUT2D eigenvalue weighted by Gasteiger charge is 2.00. The van der Waals surface area contributed by atoms with Crippen LogP contribution in [0.4, 0.5) is 0 Å². The highest BCUT2D eigenvalue weighted by molar-refractivity contribution is 5.88. The van der Waals surface area contributed by atoms with E-state index in [1.54, 1.807) is 6.08 Å². The zero-order valence-electron chi connectivity index (χ0n) is 10.9. The molecule has 17 heavy (non-hydrogen) atoms. The van der Waals surface area contributed by atoms with Crippen molar-refractivity contribution in [3.05, 3.63) is 47.5 Å². The topological polar surface area (TPSA) is 29.1 Å². The average molecular weight is 231 g/mol. The molecule has 2 nitrogen and oxygen atoms in total. The molecule has 0 spiro atoms. The standard InChI is InChI=1S/C15H21NO/c1-12(2)16-15(17)11-13(3)9-10-14-7-5-4-6-8-14/h4-8,11-12H,9-10H2,1-3H3,(H,16,17)/b13-11+. The summed E-state index contributed by atoms with van der Waals surface area (Å²) in [6.45, 7) is 5.93. The minimum absolute atomic E-state index is 0.00515. The SMILES string of the molecule is C/C(=C\C(=O)NC(C)C)CCc1ccccc1. The van der Waals surface area contributed by atoms with Crippen molar-refractivity contribution in [2.45, 2.75) is 39.7 Å². The summed E-state index contributed by atoms with van der Waals surface area (Å²) in [5, 5.41) is 2.86. The summed E-state index contributed by atoms with van der Waals surface area (Å²) in [4.78, 5) is 11.5. The molecule has 1 N–H and O–H groups in total. The third kappa shape index (κ3) is 5.91. The molecule has 0 heterocycles. The number of hydrogen-bond donors (Lipinski definition) is 1. The first-order chi connectivity index (χ1) is 8.08. The molecular formula is C15H21NO. The highest BCUT2D eigenvalue weighted by Crippen LogP contribution is 2.08. The van der Waals surface area contributed by atoms with Gasteiger partial charge in [0.2, 0.25) is 5.91 Å². The van der Waals surface area contributed by atoms with E-state index in [9.17, 15) is 4.79 Å². The Morgan fingerprint density at radius 2 is 1.94 bits per heavy atom. The van der Waals surface area contributed by atoms with Gasteiger partial charge in [0.05, 0.1) is 0 Å². The fraction of sp³-hybridized carbons (Fsp3) is 0.400. The molecule has 0 aliphatic carbocycles. The molecule has 0 unspecified atom stereocenters. The molecule has 0 fully saturated rings. The molecule has 0 saturated carbocycles. The van der Waals surface area contributed by atoms with Crippen molar-refractivity contribution in [1.29, 1.82) is 0 Å². The van der Waals surface area contributed by atoms with Crippen molar-refractivity contribution in [3.8, 4) is 0 Å². The van der Waals surface area contributed by atoms with E-state index in [0.717, 1.165) is 18.4 Å². The Morgan fingerprint density at radius 1 is 1.29 bits per heavy atom. The lowest BCUT2D eigenvalue weighted by Crippen LogP contribution is -2.28. The summed E-state index contributed by atoms with van der Waals surface area (Å²) in [5.41, 5.74) is 2.43. The largest absolute Gasteiger partial charge is 0.350 e. The molecule has 1 amide bonds. The Kier molecular flexibility index (Phi) is 5.47. The number of nitrogens with one attached hydrogen (secondary N) is 1. The van der Waals surface area contributed by atoms with Crippen molar-refractivity contribution in [2.75, 3.05) is 0 Å². The Bertz CT molecular complexity index is 379. The van der Waals surface area contributed by atoms with E-state index in [4.69, 9.17) is 0 Å². The lowest BCUT2D eigenvalue weighted by molar-refractivity contribution is -0.117. The minimum Gasteiger partial charge on any atom is -0.350 e. The van der Waals surface area contributed by atoms with Gasteiger partial charge in [-0.1, -0.05) is 35.9 Å². The summed E-state index contributed by atoms with van der Waals surface area (Å²) >= 11 is 0. The van der Waals surface area contributed by atoms with Crippen molar-refractivity contribution >= 4 is 5.91 Å². The quantitative estimate of drug-likeness (QED) is 0.775. The van der Waals surface area contributed by atoms with E-state index in [-0.39, 0.29) is 11.9 Å². The van der Waals surface area contributed by atoms with E-state index < -0.39 is 0 Å². The smallest absolute Gasteiger partial charge is 0.244 e. The maximum atomic E-state index is 11.5. The third-order valence-corrected chi connectivity index (χ3v) is 2.46. The number of hydrogen-bond acceptors (Lipinski definition) is 1. The summed E-state index contributed by atoms with van der Waals surface area (Å²) in [6, 6.07) is 10.5. The Balaban J connectivity index is 2.41. The molecule has 0 aliphatic rings. The summed E-state index contributed by atoms with van der Waals surface area (Å²) in [5.74, 6) is 0.00515. The first kappa shape index (κ1) is 13.5. The first-order valence-corrected chi connectivity index (χ1v) is 6.09. The van der Waals surface area contributed by atoms with Crippen LogP contribution in [-0.4, -0.2) is 11.9 Å². The molecule has 0 saturated heterocycles. The fourth-order valence-corrected chi connectivity index (χ4v) is 1.61. The predicted octanol–water partition coefficient (Wildman–Crippen LogP) is 3.09. The van der Waals surface area contributed by atoms with Gasteiger partial charge in [0.1, 0.15) is 0 Å². The van der Waals surface area contributed by atoms with E-state index >= 15 is 0 Å². The van der Waals surface area contributed by atoms with Crippen LogP contribution in [0, 0.1) is 0 Å². The maximum absolute atomic E-state index is 11.5. The number of benzene rings is 1. The molecule has 1 aromatic rings. The summed E-state index contributed by atoms with van der Waals surface area (Å²) < 4.78 is 0. The van der Waals surface area contributed by atoms with Gasteiger partial charge in [0.15, 0.2) is 0 Å². The first-order valence-electron chi connectivity index (χ1n) is 6.09. The maximum Gasteiger partial charge on any atom is 0.244 e. The second kappa shape index (κ2) is 6.89. The van der Waals surface area contributed by atoms with Crippen molar-refractivity contribution in [3.63, 3.8) is 0 Å². The van der Waals surface area contributed by atoms with Gasteiger partial charge in [-0.05, 0) is 39.2 Å². The van der Waals surface area contributed by atoms with Crippen LogP contribution in [0.5, 0.6) is 0 Å². The van der Waals surface area contributed by atoms with Crippen molar-refractivity contribution in [1.82, 2.24) is 5.32 Å². The second-order valence-electron chi connectivity index (χ2n) is 4.64. The Labute approximate surface area is 104 Å². The second-order valence-corrected chi connectivity index (χ2v) is 4.64. The van der Waals surface area contributed by atoms with Crippen LogP contribution in [0.2, 0.25) is 0 Å². The lowest BCUT2D eigenvalue weighted by atomic mass is 10.1. The van der Waals surface area contributed by atoms with Crippen LogP contribution in [0.3, 0.4) is 0 Å². The number of aryl methyl sites for hydroxylation is 1. The van der Waals surface area contributed by atoms with Crippen LogP contribution in [0.25, 0.3) is 0 Å². The van der Waals surface area contributed by atoms with Crippen LogP contribution in [0.15, 0.2) is 42.0 Å². The zero-order chi connectivity index (χ0) is 12.7. The predicted molar refractivity (Wildman–Crippen MR) is 71.8 cm³/mol. The molecule has 92 valence electrons. The van der Waals surface area contributed by atoms with E-state index in [1.165, 1.54) is 5.56 Å². The monoisotopic (exact) mass is 231 g/mol. The molecule has 0 bridgehead atoms. The summed E-state index contributed by atoms with van der Waals surface area (Å²) in [7, 11) is 0. The van der Waals surface area contributed by atoms with Crippen LogP contribution >= 0.6 is 0 Å². The third-order valence-electron chi connectivity index (χ3n) is 2.46. The minimum atomic E-state index is 0.00515. The van der Waals surface area contributed by atoms with Crippen molar-refractivity contribution in [2.24, 2.45) is 0 Å². The lowest BCUT2D eigenvalue weighted by Gasteiger charge is -2.06. The number of allylic oxidation sites excluding steroid dienone is 1. The average Bonchev–Trinajstić information content (AvgIpc) is 2.26. The molecular weight excluding hydrogens is 210 g/mol. The molecule has 0 aliphatic heterocycles. The molecule has 1 rings (SSSR count). The number of amides is 1. The van der Waals surface area contributed by atoms with Gasteiger partial charge in [0.25, 0.3) is 0 Å². The van der Waals surface area contributed by atoms with Gasteiger partial charge in [0, 0.05) is 12.1 Å². The number of carbonyl (C=O) groups is 1. The van der Waals surface area contributed by atoms with E-state index in [1.807, 2.05) is 39.0 Å². The summed E-state index contributed by atoms with van der Waals surface area (Å²) in [6.07, 6.45) is 3.61. The van der Waals surface area contributed by atoms with Gasteiger partial charge in [-0.3, -0.25) is 4.79 Å². The Hall–Kier alpha value is -1.57. The van der Waals surface area contributed by atoms with Gasteiger partial charge < -0.3 is 5.32 Å². The van der Waals surface area contributed by atoms with Gasteiger partial charge in [-0.2, -0.15) is 0 Å². The Morgan fingerprint density at radius 3 is 2.53 bits per heavy atom. The van der Waals surface area contributed by atoms with Crippen LogP contribution in [0.1, 0.15) is 32.8 Å².